The molecule has 0 spiro atoms. The van der Waals surface area contributed by atoms with Gasteiger partial charge in [0.2, 0.25) is 0 Å². The van der Waals surface area contributed by atoms with Gasteiger partial charge in [-0.3, -0.25) is 9.69 Å². The summed E-state index contributed by atoms with van der Waals surface area (Å²) < 4.78 is 6.09. The van der Waals surface area contributed by atoms with Crippen LogP contribution in [0.25, 0.3) is 0 Å². The third-order valence-electron chi connectivity index (χ3n) is 6.84. The first-order valence-corrected chi connectivity index (χ1v) is 13.1. The van der Waals surface area contributed by atoms with Crippen molar-refractivity contribution in [2.45, 2.75) is 26.6 Å². The second kappa shape index (κ2) is 11.7. The lowest BCUT2D eigenvalue weighted by Crippen LogP contribution is -2.48. The number of hydrogen-bond donors (Lipinski definition) is 0. The molecule has 1 amide bonds. The fraction of sp³-hybridized carbons (Fsp3) is 0.258. The molecule has 0 unspecified atom stereocenters. The summed E-state index contributed by atoms with van der Waals surface area (Å²) in [6.45, 7) is 7.24. The number of anilines is 1. The molecule has 0 radical (unpaired) electrons. The number of benzene rings is 3. The summed E-state index contributed by atoms with van der Waals surface area (Å²) in [7, 11) is 0. The van der Waals surface area contributed by atoms with Crippen LogP contribution in [0.5, 0.6) is 0 Å². The molecule has 5 rings (SSSR count). The molecular weight excluding hydrogens is 482 g/mol. The van der Waals surface area contributed by atoms with Gasteiger partial charge in [0.25, 0.3) is 5.91 Å². The maximum absolute atomic E-state index is 13.2. The highest BCUT2D eigenvalue weighted by Crippen LogP contribution is 2.22. The molecule has 1 aliphatic rings. The van der Waals surface area contributed by atoms with Gasteiger partial charge in [0, 0.05) is 50.0 Å². The fourth-order valence-electron chi connectivity index (χ4n) is 4.88. The number of carbonyl (C=O) groups is 1. The molecule has 1 aliphatic heterocycles. The molecule has 2 heterocycles. The lowest BCUT2D eigenvalue weighted by Gasteiger charge is -2.36. The normalized spacial score (nSPS) is 13.8. The average molecular weight is 514 g/mol. The van der Waals surface area contributed by atoms with Crippen LogP contribution in [-0.4, -0.2) is 41.9 Å². The summed E-state index contributed by atoms with van der Waals surface area (Å²) in [5.74, 6) is 1.15. The molecule has 4 aromatic rings. The van der Waals surface area contributed by atoms with Crippen LogP contribution < -0.4 is 4.90 Å². The second-order valence-electron chi connectivity index (χ2n) is 9.59. The van der Waals surface area contributed by atoms with Gasteiger partial charge in [-0.2, -0.15) is 0 Å². The lowest BCUT2D eigenvalue weighted by molar-refractivity contribution is 0.0710. The molecule has 37 heavy (non-hydrogen) atoms. The Kier molecular flexibility index (Phi) is 7.93. The maximum Gasteiger partial charge on any atom is 0.289 e. The van der Waals surface area contributed by atoms with Crippen LogP contribution in [0.15, 0.2) is 95.4 Å². The van der Waals surface area contributed by atoms with Gasteiger partial charge < -0.3 is 14.2 Å². The van der Waals surface area contributed by atoms with E-state index < -0.39 is 0 Å². The highest BCUT2D eigenvalue weighted by Gasteiger charge is 2.25. The summed E-state index contributed by atoms with van der Waals surface area (Å²) >= 11 is 6.08. The van der Waals surface area contributed by atoms with Crippen molar-refractivity contribution >= 4 is 23.2 Å². The molecule has 0 N–H and O–H groups in total. The number of piperazine rings is 1. The number of hydrogen-bond acceptors (Lipinski definition) is 4. The number of amides is 1. The van der Waals surface area contributed by atoms with Crippen LogP contribution in [-0.2, 0) is 19.6 Å². The predicted octanol–water partition coefficient (Wildman–Crippen LogP) is 6.41. The zero-order chi connectivity index (χ0) is 25.6. The van der Waals surface area contributed by atoms with Gasteiger partial charge in [0.15, 0.2) is 5.76 Å². The summed E-state index contributed by atoms with van der Waals surface area (Å²) in [5, 5.41) is 0.729. The van der Waals surface area contributed by atoms with Crippen molar-refractivity contribution in [2.24, 2.45) is 0 Å². The van der Waals surface area contributed by atoms with Crippen LogP contribution in [0.1, 0.15) is 33.0 Å². The zero-order valence-electron chi connectivity index (χ0n) is 21.1. The Morgan fingerprint density at radius 3 is 2.14 bits per heavy atom. The lowest BCUT2D eigenvalue weighted by atomic mass is 10.1. The van der Waals surface area contributed by atoms with Gasteiger partial charge in [-0.15, -0.1) is 0 Å². The van der Waals surface area contributed by atoms with Crippen LogP contribution in [0, 0.1) is 6.92 Å². The monoisotopic (exact) mass is 513 g/mol. The van der Waals surface area contributed by atoms with Crippen molar-refractivity contribution in [3.63, 3.8) is 0 Å². The Balaban J connectivity index is 1.23. The number of halogens is 1. The highest BCUT2D eigenvalue weighted by atomic mass is 35.5. The van der Waals surface area contributed by atoms with E-state index in [1.54, 1.807) is 0 Å². The van der Waals surface area contributed by atoms with Crippen LogP contribution >= 0.6 is 11.6 Å². The molecule has 0 atom stereocenters. The Morgan fingerprint density at radius 1 is 0.784 bits per heavy atom. The van der Waals surface area contributed by atoms with Gasteiger partial charge in [0.05, 0.1) is 6.54 Å². The number of furan rings is 1. The zero-order valence-corrected chi connectivity index (χ0v) is 21.9. The topological polar surface area (TPSA) is 39.9 Å². The van der Waals surface area contributed by atoms with Crippen LogP contribution in [0.3, 0.4) is 0 Å². The molecule has 1 saturated heterocycles. The first-order chi connectivity index (χ1) is 18.0. The Labute approximate surface area is 223 Å². The Hall–Kier alpha value is -3.54. The molecule has 3 aromatic carbocycles. The van der Waals surface area contributed by atoms with Crippen LogP contribution in [0.2, 0.25) is 5.02 Å². The van der Waals surface area contributed by atoms with Gasteiger partial charge in [-0.05, 0) is 53.9 Å². The minimum absolute atomic E-state index is 0.0389. The molecule has 1 aromatic heterocycles. The van der Waals surface area contributed by atoms with E-state index in [1.165, 1.54) is 22.4 Å². The van der Waals surface area contributed by atoms with Crippen molar-refractivity contribution in [1.29, 1.82) is 0 Å². The molecular formula is C31H32ClN3O2. The number of nitrogens with zero attached hydrogens (tertiary/aromatic N) is 3. The van der Waals surface area contributed by atoms with E-state index in [2.05, 4.69) is 65.3 Å². The minimum Gasteiger partial charge on any atom is -0.455 e. The van der Waals surface area contributed by atoms with E-state index in [0.717, 1.165) is 37.0 Å². The third kappa shape index (κ3) is 6.43. The third-order valence-corrected chi connectivity index (χ3v) is 7.10. The molecule has 0 aliphatic carbocycles. The smallest absolute Gasteiger partial charge is 0.289 e. The predicted molar refractivity (Wildman–Crippen MR) is 149 cm³/mol. The number of carbonyl (C=O) groups excluding carboxylic acids is 1. The largest absolute Gasteiger partial charge is 0.455 e. The van der Waals surface area contributed by atoms with Gasteiger partial charge in [0.1, 0.15) is 5.76 Å². The molecule has 190 valence electrons. The van der Waals surface area contributed by atoms with E-state index in [4.69, 9.17) is 16.0 Å². The van der Waals surface area contributed by atoms with Crippen molar-refractivity contribution in [2.75, 3.05) is 31.1 Å². The van der Waals surface area contributed by atoms with Crippen molar-refractivity contribution in [3.8, 4) is 0 Å². The van der Waals surface area contributed by atoms with Crippen molar-refractivity contribution < 1.29 is 9.21 Å². The molecule has 5 nitrogen and oxygen atoms in total. The highest BCUT2D eigenvalue weighted by molar-refractivity contribution is 6.30. The van der Waals surface area contributed by atoms with Crippen LogP contribution in [0.4, 0.5) is 5.69 Å². The minimum atomic E-state index is -0.0389. The van der Waals surface area contributed by atoms with E-state index >= 15 is 0 Å². The fourth-order valence-corrected chi connectivity index (χ4v) is 5.01. The number of rotatable bonds is 8. The van der Waals surface area contributed by atoms with Crippen molar-refractivity contribution in [1.82, 2.24) is 9.80 Å². The summed E-state index contributed by atoms with van der Waals surface area (Å²) in [5.41, 5.74) is 4.91. The van der Waals surface area contributed by atoms with Crippen molar-refractivity contribution in [3.05, 3.63) is 124 Å². The molecule has 1 fully saturated rings. The van der Waals surface area contributed by atoms with E-state index in [1.807, 2.05) is 47.4 Å². The number of aryl methyl sites for hydroxylation is 1. The SMILES string of the molecule is Cc1ccccc1N1CCN(C(=O)c2ccc(CN(Cc3ccccc3)Cc3ccc(Cl)cc3)o2)CC1. The second-order valence-corrected chi connectivity index (χ2v) is 10.0. The first-order valence-electron chi connectivity index (χ1n) is 12.7. The maximum atomic E-state index is 13.2. The van der Waals surface area contributed by atoms with E-state index in [0.29, 0.717) is 25.4 Å². The summed E-state index contributed by atoms with van der Waals surface area (Å²) in [6, 6.07) is 30.5. The standard InChI is InChI=1S/C31H32ClN3O2/c1-24-7-5-6-10-29(24)34-17-19-35(20-18-34)31(36)30-16-15-28(37-30)23-33(21-25-8-3-2-4-9-25)22-26-11-13-27(32)14-12-26/h2-16H,17-23H2,1H3. The molecule has 6 heteroatoms. The van der Waals surface area contributed by atoms with E-state index in [-0.39, 0.29) is 5.91 Å². The van der Waals surface area contributed by atoms with Gasteiger partial charge in [-0.25, -0.2) is 0 Å². The molecule has 0 saturated carbocycles. The Bertz CT molecular complexity index is 1310. The summed E-state index contributed by atoms with van der Waals surface area (Å²) in [4.78, 5) is 19.8. The Morgan fingerprint density at radius 2 is 1.43 bits per heavy atom. The summed E-state index contributed by atoms with van der Waals surface area (Å²) in [6.07, 6.45) is 0. The quantitative estimate of drug-likeness (QED) is 0.273. The van der Waals surface area contributed by atoms with Gasteiger partial charge in [-0.1, -0.05) is 72.3 Å². The van der Waals surface area contributed by atoms with Gasteiger partial charge >= 0.3 is 0 Å². The molecule has 0 bridgehead atoms. The average Bonchev–Trinajstić information content (AvgIpc) is 3.39. The van der Waals surface area contributed by atoms with E-state index in [9.17, 15) is 4.79 Å². The number of para-hydroxylation sites is 1. The first kappa shape index (κ1) is 25.1.